The normalized spacial score (nSPS) is 17.6. The number of aromatic nitrogens is 2. The van der Waals surface area contributed by atoms with Gasteiger partial charge in [0.1, 0.15) is 10.8 Å². The lowest BCUT2D eigenvalue weighted by molar-refractivity contribution is 0.102. The van der Waals surface area contributed by atoms with Crippen LogP contribution in [0.5, 0.6) is 0 Å². The molecule has 4 rings (SSSR count). The van der Waals surface area contributed by atoms with Gasteiger partial charge in [-0.05, 0) is 49.2 Å². The Hall–Kier alpha value is -2.69. The average Bonchev–Trinajstić information content (AvgIpc) is 3.25. The van der Waals surface area contributed by atoms with Gasteiger partial charge in [-0.1, -0.05) is 29.5 Å². The first-order chi connectivity index (χ1) is 14.4. The molecule has 2 heterocycles. The minimum Gasteiger partial charge on any atom is -0.320 e. The van der Waals surface area contributed by atoms with Crippen molar-refractivity contribution < 1.29 is 17.6 Å². The highest BCUT2D eigenvalue weighted by Gasteiger charge is 2.32. The van der Waals surface area contributed by atoms with E-state index in [1.54, 1.807) is 12.1 Å². The van der Waals surface area contributed by atoms with Crippen LogP contribution in [0.4, 0.5) is 10.1 Å². The van der Waals surface area contributed by atoms with Crippen LogP contribution in [0.3, 0.4) is 0 Å². The Labute approximate surface area is 177 Å². The third kappa shape index (κ3) is 4.40. The van der Waals surface area contributed by atoms with Crippen molar-refractivity contribution in [2.24, 2.45) is 0 Å². The molecule has 0 spiro atoms. The predicted octanol–water partition coefficient (Wildman–Crippen LogP) is 3.50. The quantitative estimate of drug-likeness (QED) is 0.648. The number of carbonyl (C=O) groups is 1. The number of nitrogens with zero attached hydrogens (tertiary/aromatic N) is 3. The summed E-state index contributed by atoms with van der Waals surface area (Å²) < 4.78 is 40.3. The van der Waals surface area contributed by atoms with Crippen LogP contribution in [-0.4, -0.2) is 41.9 Å². The van der Waals surface area contributed by atoms with E-state index in [0.29, 0.717) is 23.7 Å². The predicted molar refractivity (Wildman–Crippen MR) is 111 cm³/mol. The highest BCUT2D eigenvalue weighted by molar-refractivity contribution is 7.89. The van der Waals surface area contributed by atoms with Gasteiger partial charge in [-0.25, -0.2) is 12.8 Å². The largest absolute Gasteiger partial charge is 0.320 e. The third-order valence-electron chi connectivity index (χ3n) is 4.85. The van der Waals surface area contributed by atoms with E-state index in [4.69, 9.17) is 0 Å². The number of para-hydroxylation sites is 1. The highest BCUT2D eigenvalue weighted by atomic mass is 32.2. The number of nitrogens with one attached hydrogen (secondary N) is 1. The summed E-state index contributed by atoms with van der Waals surface area (Å²) in [7, 11) is -3.73. The number of hydrogen-bond acceptors (Lipinski definition) is 6. The van der Waals surface area contributed by atoms with Gasteiger partial charge in [-0.2, -0.15) is 4.31 Å². The number of rotatable bonds is 5. The van der Waals surface area contributed by atoms with Crippen LogP contribution < -0.4 is 5.32 Å². The zero-order chi connectivity index (χ0) is 21.1. The fraction of sp³-hybridized carbons (Fsp3) is 0.250. The molecule has 0 aliphatic carbocycles. The molecular weight excluding hydrogens is 427 g/mol. The molecule has 156 valence electrons. The molecule has 1 aliphatic rings. The second kappa shape index (κ2) is 8.58. The van der Waals surface area contributed by atoms with Gasteiger partial charge < -0.3 is 5.32 Å². The van der Waals surface area contributed by atoms with Crippen molar-refractivity contribution in [3.8, 4) is 0 Å². The summed E-state index contributed by atoms with van der Waals surface area (Å²) in [6.07, 6.45) is 1.42. The summed E-state index contributed by atoms with van der Waals surface area (Å²) >= 11 is 1.17. The lowest BCUT2D eigenvalue weighted by Crippen LogP contribution is -2.39. The molecule has 1 atom stereocenters. The molecule has 0 bridgehead atoms. The lowest BCUT2D eigenvalue weighted by Gasteiger charge is -2.30. The zero-order valence-corrected chi connectivity index (χ0v) is 17.5. The first-order valence-corrected chi connectivity index (χ1v) is 11.6. The lowest BCUT2D eigenvalue weighted by atomic mass is 10.0. The van der Waals surface area contributed by atoms with E-state index in [0.717, 1.165) is 18.6 Å². The van der Waals surface area contributed by atoms with Gasteiger partial charge in [0.15, 0.2) is 0 Å². The van der Waals surface area contributed by atoms with Crippen molar-refractivity contribution >= 4 is 33.0 Å². The Kier molecular flexibility index (Phi) is 5.89. The van der Waals surface area contributed by atoms with Crippen LogP contribution in [-0.2, 0) is 10.0 Å². The van der Waals surface area contributed by atoms with Crippen LogP contribution in [0.25, 0.3) is 0 Å². The number of benzene rings is 2. The van der Waals surface area contributed by atoms with Crippen LogP contribution in [0.2, 0.25) is 0 Å². The van der Waals surface area contributed by atoms with E-state index in [1.165, 1.54) is 27.8 Å². The van der Waals surface area contributed by atoms with Crippen molar-refractivity contribution in [1.82, 2.24) is 14.5 Å². The molecule has 1 N–H and O–H groups in total. The van der Waals surface area contributed by atoms with Crippen LogP contribution >= 0.6 is 11.3 Å². The molecule has 7 nitrogen and oxygen atoms in total. The molecule has 10 heteroatoms. The first kappa shape index (κ1) is 20.6. The summed E-state index contributed by atoms with van der Waals surface area (Å²) in [6.45, 7) is 0.630. The minimum absolute atomic E-state index is 0.0599. The SMILES string of the molecule is O=C(Nc1ccccc1)c1nnc([C@@H]2CCCN(S(=O)(=O)c3ccc(F)cc3)C2)s1. The van der Waals surface area contributed by atoms with Gasteiger partial charge >= 0.3 is 0 Å². The number of anilines is 1. The Morgan fingerprint density at radius 3 is 2.57 bits per heavy atom. The molecule has 1 aliphatic heterocycles. The van der Waals surface area contributed by atoms with Gasteiger partial charge in [-0.15, -0.1) is 10.2 Å². The van der Waals surface area contributed by atoms with Crippen molar-refractivity contribution in [3.05, 3.63) is 70.4 Å². The van der Waals surface area contributed by atoms with Crippen molar-refractivity contribution in [3.63, 3.8) is 0 Å². The summed E-state index contributed by atoms with van der Waals surface area (Å²) in [5.74, 6) is -0.984. The summed E-state index contributed by atoms with van der Waals surface area (Å²) in [5.41, 5.74) is 0.661. The van der Waals surface area contributed by atoms with Gasteiger partial charge in [0.05, 0.1) is 4.90 Å². The van der Waals surface area contributed by atoms with Gasteiger partial charge in [0, 0.05) is 24.7 Å². The number of amides is 1. The molecule has 0 radical (unpaired) electrons. The monoisotopic (exact) mass is 446 g/mol. The van der Waals surface area contributed by atoms with E-state index in [2.05, 4.69) is 15.5 Å². The van der Waals surface area contributed by atoms with E-state index >= 15 is 0 Å². The Morgan fingerprint density at radius 1 is 1.10 bits per heavy atom. The Balaban J connectivity index is 1.47. The summed E-state index contributed by atoms with van der Waals surface area (Å²) in [5, 5.41) is 11.8. The Morgan fingerprint density at radius 2 is 1.83 bits per heavy atom. The maximum atomic E-state index is 13.2. The molecule has 0 saturated carbocycles. The van der Waals surface area contributed by atoms with E-state index in [-0.39, 0.29) is 28.3 Å². The zero-order valence-electron chi connectivity index (χ0n) is 15.9. The molecular formula is C20H19FN4O3S2. The van der Waals surface area contributed by atoms with Crippen molar-refractivity contribution in [2.45, 2.75) is 23.7 Å². The fourth-order valence-corrected chi connectivity index (χ4v) is 5.70. The number of halogens is 1. The van der Waals surface area contributed by atoms with Gasteiger partial charge in [0.2, 0.25) is 15.0 Å². The van der Waals surface area contributed by atoms with E-state index in [1.807, 2.05) is 18.2 Å². The first-order valence-electron chi connectivity index (χ1n) is 9.39. The second-order valence-corrected chi connectivity index (χ2v) is 9.87. The minimum atomic E-state index is -3.73. The molecule has 1 aromatic heterocycles. The third-order valence-corrected chi connectivity index (χ3v) is 7.82. The van der Waals surface area contributed by atoms with Gasteiger partial charge in [0.25, 0.3) is 5.91 Å². The molecule has 2 aromatic carbocycles. The summed E-state index contributed by atoms with van der Waals surface area (Å²) in [4.78, 5) is 12.5. The number of piperidine rings is 1. The molecule has 0 unspecified atom stereocenters. The van der Waals surface area contributed by atoms with Gasteiger partial charge in [-0.3, -0.25) is 4.79 Å². The second-order valence-electron chi connectivity index (χ2n) is 6.92. The topological polar surface area (TPSA) is 92.3 Å². The van der Waals surface area contributed by atoms with Crippen LogP contribution in [0.15, 0.2) is 59.5 Å². The van der Waals surface area contributed by atoms with Crippen molar-refractivity contribution in [1.29, 1.82) is 0 Å². The molecule has 1 amide bonds. The maximum Gasteiger partial charge on any atom is 0.286 e. The Bertz CT molecular complexity index is 1130. The number of sulfonamides is 1. The highest BCUT2D eigenvalue weighted by Crippen LogP contribution is 2.32. The standard InChI is InChI=1S/C20H19FN4O3S2/c21-15-8-10-17(11-9-15)30(27,28)25-12-4-5-14(13-25)19-23-24-20(29-19)18(26)22-16-6-2-1-3-7-16/h1-3,6-11,14H,4-5,12-13H2,(H,22,26)/t14-/m1/s1. The van der Waals surface area contributed by atoms with E-state index in [9.17, 15) is 17.6 Å². The molecule has 1 saturated heterocycles. The molecule has 3 aromatic rings. The molecule has 1 fully saturated rings. The van der Waals surface area contributed by atoms with E-state index < -0.39 is 15.8 Å². The van der Waals surface area contributed by atoms with Crippen LogP contribution in [0, 0.1) is 5.82 Å². The maximum absolute atomic E-state index is 13.2. The number of hydrogen-bond donors (Lipinski definition) is 1. The fourth-order valence-electron chi connectivity index (χ4n) is 3.32. The van der Waals surface area contributed by atoms with Crippen LogP contribution in [0.1, 0.15) is 33.6 Å². The summed E-state index contributed by atoms with van der Waals surface area (Å²) in [6, 6.07) is 13.9. The average molecular weight is 447 g/mol. The smallest absolute Gasteiger partial charge is 0.286 e. The molecule has 30 heavy (non-hydrogen) atoms. The van der Waals surface area contributed by atoms with Crippen molar-refractivity contribution in [2.75, 3.05) is 18.4 Å². The number of carbonyl (C=O) groups excluding carboxylic acids is 1.